The zero-order chi connectivity index (χ0) is 14.2. The summed E-state index contributed by atoms with van der Waals surface area (Å²) >= 11 is 6.10. The molecule has 1 atom stereocenters. The minimum Gasteiger partial charge on any atom is -0.491 e. The average molecular weight is 297 g/mol. The maximum Gasteiger partial charge on any atom is 0.137 e. The quantitative estimate of drug-likeness (QED) is 0.836. The van der Waals surface area contributed by atoms with Crippen molar-refractivity contribution in [3.63, 3.8) is 0 Å². The van der Waals surface area contributed by atoms with Crippen LogP contribution >= 0.6 is 11.6 Å². The van der Waals surface area contributed by atoms with E-state index in [9.17, 15) is 0 Å². The molecule has 1 N–H and O–H groups in total. The van der Waals surface area contributed by atoms with Crippen molar-refractivity contribution in [1.82, 2.24) is 10.2 Å². The standard InChI is InChI=1S/C16H25ClN2O/c1-18-10-9-14-6-4-5-11-19(14)12-13-20-16-8-3-2-7-15(16)17/h2-3,7-8,14,18H,4-6,9-13H2,1H3. The van der Waals surface area contributed by atoms with Crippen LogP contribution in [0, 0.1) is 0 Å². The molecule has 0 aliphatic carbocycles. The zero-order valence-electron chi connectivity index (χ0n) is 12.3. The fourth-order valence-corrected chi connectivity index (χ4v) is 3.02. The van der Waals surface area contributed by atoms with Gasteiger partial charge in [0.2, 0.25) is 0 Å². The summed E-state index contributed by atoms with van der Waals surface area (Å²) in [6.45, 7) is 3.98. The van der Waals surface area contributed by atoms with Gasteiger partial charge >= 0.3 is 0 Å². The number of nitrogens with one attached hydrogen (secondary N) is 1. The number of ether oxygens (including phenoxy) is 1. The summed E-state index contributed by atoms with van der Waals surface area (Å²) in [5.74, 6) is 0.790. The number of nitrogens with zero attached hydrogens (tertiary/aromatic N) is 1. The first kappa shape index (κ1) is 15.6. The molecule has 0 radical (unpaired) electrons. The van der Waals surface area contributed by atoms with Crippen LogP contribution in [0.15, 0.2) is 24.3 Å². The molecule has 112 valence electrons. The molecule has 2 rings (SSSR count). The number of hydrogen-bond acceptors (Lipinski definition) is 3. The number of rotatable bonds is 7. The van der Waals surface area contributed by atoms with Crippen LogP contribution in [-0.4, -0.2) is 44.2 Å². The van der Waals surface area contributed by atoms with Gasteiger partial charge in [-0.25, -0.2) is 0 Å². The Balaban J connectivity index is 1.78. The SMILES string of the molecule is CNCCC1CCCCN1CCOc1ccccc1Cl. The van der Waals surface area contributed by atoms with Crippen LogP contribution in [0.4, 0.5) is 0 Å². The second-order valence-corrected chi connectivity index (χ2v) is 5.76. The fraction of sp³-hybridized carbons (Fsp3) is 0.625. The van der Waals surface area contributed by atoms with E-state index in [1.165, 1.54) is 32.2 Å². The van der Waals surface area contributed by atoms with E-state index in [2.05, 4.69) is 10.2 Å². The predicted octanol–water partition coefficient (Wildman–Crippen LogP) is 3.18. The summed E-state index contributed by atoms with van der Waals surface area (Å²) in [6, 6.07) is 8.38. The van der Waals surface area contributed by atoms with Gasteiger partial charge in [-0.1, -0.05) is 30.2 Å². The molecule has 0 aromatic heterocycles. The van der Waals surface area contributed by atoms with Gasteiger partial charge in [0.25, 0.3) is 0 Å². The second-order valence-electron chi connectivity index (χ2n) is 5.36. The van der Waals surface area contributed by atoms with Crippen LogP contribution in [0.2, 0.25) is 5.02 Å². The number of halogens is 1. The van der Waals surface area contributed by atoms with E-state index in [0.717, 1.165) is 18.8 Å². The largest absolute Gasteiger partial charge is 0.491 e. The van der Waals surface area contributed by atoms with Crippen molar-refractivity contribution in [2.24, 2.45) is 0 Å². The van der Waals surface area contributed by atoms with E-state index < -0.39 is 0 Å². The molecule has 1 heterocycles. The lowest BCUT2D eigenvalue weighted by atomic mass is 9.99. The highest BCUT2D eigenvalue weighted by molar-refractivity contribution is 6.32. The third kappa shape index (κ3) is 4.65. The van der Waals surface area contributed by atoms with Crippen molar-refractivity contribution in [2.75, 3.05) is 33.3 Å². The second kappa shape index (κ2) is 8.50. The van der Waals surface area contributed by atoms with Crippen molar-refractivity contribution in [3.8, 4) is 5.75 Å². The molecule has 1 saturated heterocycles. The summed E-state index contributed by atoms with van der Waals surface area (Å²) < 4.78 is 5.80. The van der Waals surface area contributed by atoms with E-state index in [1.807, 2.05) is 31.3 Å². The number of likely N-dealkylation sites (tertiary alicyclic amines) is 1. The smallest absolute Gasteiger partial charge is 0.137 e. The number of piperidine rings is 1. The molecule has 1 aliphatic rings. The van der Waals surface area contributed by atoms with Crippen molar-refractivity contribution in [1.29, 1.82) is 0 Å². The summed E-state index contributed by atoms with van der Waals surface area (Å²) in [6.07, 6.45) is 5.20. The van der Waals surface area contributed by atoms with Crippen LogP contribution in [0.1, 0.15) is 25.7 Å². The number of para-hydroxylation sites is 1. The van der Waals surface area contributed by atoms with Crippen LogP contribution < -0.4 is 10.1 Å². The molecule has 0 amide bonds. The van der Waals surface area contributed by atoms with E-state index in [0.29, 0.717) is 17.7 Å². The molecule has 1 aromatic rings. The molecule has 1 aromatic carbocycles. The first-order valence-electron chi connectivity index (χ1n) is 7.57. The molecule has 1 aliphatic heterocycles. The highest BCUT2D eigenvalue weighted by atomic mass is 35.5. The molecule has 20 heavy (non-hydrogen) atoms. The van der Waals surface area contributed by atoms with E-state index >= 15 is 0 Å². The number of benzene rings is 1. The normalized spacial score (nSPS) is 20.0. The van der Waals surface area contributed by atoms with Gasteiger partial charge < -0.3 is 10.1 Å². The summed E-state index contributed by atoms with van der Waals surface area (Å²) in [5.41, 5.74) is 0. The van der Waals surface area contributed by atoms with Crippen LogP contribution in [0.5, 0.6) is 5.75 Å². The molecule has 0 bridgehead atoms. The van der Waals surface area contributed by atoms with Crippen molar-refractivity contribution in [2.45, 2.75) is 31.7 Å². The predicted molar refractivity (Wildman–Crippen MR) is 84.7 cm³/mol. The highest BCUT2D eigenvalue weighted by Crippen LogP contribution is 2.23. The van der Waals surface area contributed by atoms with Crippen molar-refractivity contribution in [3.05, 3.63) is 29.3 Å². The van der Waals surface area contributed by atoms with Crippen molar-refractivity contribution < 1.29 is 4.74 Å². The Bertz CT molecular complexity index is 400. The van der Waals surface area contributed by atoms with Crippen LogP contribution in [0.3, 0.4) is 0 Å². The van der Waals surface area contributed by atoms with Gasteiger partial charge in [-0.15, -0.1) is 0 Å². The topological polar surface area (TPSA) is 24.5 Å². The molecular formula is C16H25ClN2O. The van der Waals surface area contributed by atoms with E-state index in [1.54, 1.807) is 0 Å². The Morgan fingerprint density at radius 3 is 3.00 bits per heavy atom. The third-order valence-electron chi connectivity index (χ3n) is 3.95. The molecule has 1 unspecified atom stereocenters. The lowest BCUT2D eigenvalue weighted by Gasteiger charge is -2.35. The van der Waals surface area contributed by atoms with Gasteiger partial charge in [-0.3, -0.25) is 4.90 Å². The molecule has 0 spiro atoms. The Hall–Kier alpha value is -0.770. The Labute approximate surface area is 127 Å². The first-order valence-corrected chi connectivity index (χ1v) is 7.95. The first-order chi connectivity index (χ1) is 9.81. The van der Waals surface area contributed by atoms with Gasteiger partial charge in [0, 0.05) is 12.6 Å². The lowest BCUT2D eigenvalue weighted by Crippen LogP contribution is -2.43. The third-order valence-corrected chi connectivity index (χ3v) is 4.26. The summed E-state index contributed by atoms with van der Waals surface area (Å²) in [4.78, 5) is 2.57. The van der Waals surface area contributed by atoms with Gasteiger partial charge in [0.15, 0.2) is 0 Å². The maximum atomic E-state index is 6.10. The zero-order valence-corrected chi connectivity index (χ0v) is 13.0. The summed E-state index contributed by atoms with van der Waals surface area (Å²) in [7, 11) is 2.02. The Kier molecular flexibility index (Phi) is 6.64. The number of hydrogen-bond donors (Lipinski definition) is 1. The summed E-state index contributed by atoms with van der Waals surface area (Å²) in [5, 5.41) is 3.94. The van der Waals surface area contributed by atoms with Gasteiger partial charge in [-0.2, -0.15) is 0 Å². The minimum absolute atomic E-state index is 0.692. The molecule has 3 nitrogen and oxygen atoms in total. The van der Waals surface area contributed by atoms with Gasteiger partial charge in [0.05, 0.1) is 5.02 Å². The van der Waals surface area contributed by atoms with E-state index in [4.69, 9.17) is 16.3 Å². The monoisotopic (exact) mass is 296 g/mol. The van der Waals surface area contributed by atoms with Crippen molar-refractivity contribution >= 4 is 11.6 Å². The van der Waals surface area contributed by atoms with Crippen LogP contribution in [0.25, 0.3) is 0 Å². The van der Waals surface area contributed by atoms with Gasteiger partial charge in [-0.05, 0) is 51.5 Å². The Morgan fingerprint density at radius 1 is 1.35 bits per heavy atom. The molecule has 4 heteroatoms. The lowest BCUT2D eigenvalue weighted by molar-refractivity contribution is 0.117. The molecular weight excluding hydrogens is 272 g/mol. The highest BCUT2D eigenvalue weighted by Gasteiger charge is 2.21. The maximum absolute atomic E-state index is 6.10. The molecule has 1 fully saturated rings. The molecule has 0 saturated carbocycles. The Morgan fingerprint density at radius 2 is 2.20 bits per heavy atom. The van der Waals surface area contributed by atoms with E-state index in [-0.39, 0.29) is 0 Å². The fourth-order valence-electron chi connectivity index (χ4n) is 2.83. The van der Waals surface area contributed by atoms with Gasteiger partial charge in [0.1, 0.15) is 12.4 Å². The minimum atomic E-state index is 0.692. The van der Waals surface area contributed by atoms with Crippen LogP contribution in [-0.2, 0) is 0 Å². The average Bonchev–Trinajstić information content (AvgIpc) is 2.48.